The summed E-state index contributed by atoms with van der Waals surface area (Å²) in [5.41, 5.74) is -0.447. The summed E-state index contributed by atoms with van der Waals surface area (Å²) in [4.78, 5) is 24.9. The van der Waals surface area contributed by atoms with E-state index >= 15 is 0 Å². The van der Waals surface area contributed by atoms with Crippen molar-refractivity contribution >= 4 is 24.6 Å². The Hall–Kier alpha value is -0.910. The van der Waals surface area contributed by atoms with Crippen LogP contribution >= 0.6 is 12.6 Å². The van der Waals surface area contributed by atoms with Gasteiger partial charge in [-0.05, 0) is 33.6 Å². The van der Waals surface area contributed by atoms with Crippen LogP contribution in [0.1, 0.15) is 52.9 Å². The molecule has 1 aliphatic heterocycles. The van der Waals surface area contributed by atoms with Crippen molar-refractivity contribution in [3.05, 3.63) is 0 Å². The van der Waals surface area contributed by atoms with E-state index in [4.69, 9.17) is 4.74 Å². The average molecular weight is 316 g/mol. The molecule has 0 aromatic heterocycles. The van der Waals surface area contributed by atoms with Crippen LogP contribution in [-0.2, 0) is 9.53 Å². The monoisotopic (exact) mass is 316 g/mol. The van der Waals surface area contributed by atoms with Crippen LogP contribution in [0.5, 0.6) is 0 Å². The van der Waals surface area contributed by atoms with Crippen LogP contribution in [0.25, 0.3) is 0 Å². The summed E-state index contributed by atoms with van der Waals surface area (Å²) >= 11 is 4.34. The summed E-state index contributed by atoms with van der Waals surface area (Å²) in [6.07, 6.45) is 4.27. The minimum Gasteiger partial charge on any atom is -0.444 e. The number of alkyl carbamates (subject to hydrolysis) is 1. The van der Waals surface area contributed by atoms with Gasteiger partial charge in [0, 0.05) is 31.3 Å². The van der Waals surface area contributed by atoms with Gasteiger partial charge in [0.2, 0.25) is 5.91 Å². The summed E-state index contributed by atoms with van der Waals surface area (Å²) in [6, 6.07) is 0. The molecule has 0 aliphatic carbocycles. The molecule has 6 heteroatoms. The van der Waals surface area contributed by atoms with Gasteiger partial charge in [-0.15, -0.1) is 0 Å². The first-order valence-electron chi connectivity index (χ1n) is 7.70. The van der Waals surface area contributed by atoms with Crippen molar-refractivity contribution in [1.29, 1.82) is 0 Å². The second-order valence-corrected chi connectivity index (χ2v) is 7.27. The number of carbonyl (C=O) groups is 2. The minimum atomic E-state index is -0.447. The summed E-state index contributed by atoms with van der Waals surface area (Å²) < 4.78 is 5.15. The Labute approximate surface area is 133 Å². The molecular weight excluding hydrogens is 288 g/mol. The van der Waals surface area contributed by atoms with Crippen molar-refractivity contribution in [2.75, 3.05) is 19.6 Å². The normalized spacial score (nSPS) is 19.0. The lowest BCUT2D eigenvalue weighted by Gasteiger charge is -2.19. The lowest BCUT2D eigenvalue weighted by molar-refractivity contribution is -0.127. The molecule has 1 fully saturated rings. The molecule has 0 radical (unpaired) electrons. The van der Waals surface area contributed by atoms with Crippen LogP contribution < -0.4 is 5.32 Å². The van der Waals surface area contributed by atoms with Gasteiger partial charge in [0.15, 0.2) is 0 Å². The topological polar surface area (TPSA) is 58.6 Å². The molecule has 0 aromatic rings. The van der Waals surface area contributed by atoms with Crippen LogP contribution in [0.4, 0.5) is 4.79 Å². The Morgan fingerprint density at radius 3 is 2.57 bits per heavy atom. The number of ether oxygens (including phenoxy) is 1. The van der Waals surface area contributed by atoms with Crippen molar-refractivity contribution in [3.63, 3.8) is 0 Å². The molecule has 1 heterocycles. The predicted octanol–water partition coefficient (Wildman–Crippen LogP) is 2.60. The standard InChI is InChI=1S/C15H28N2O3S/c1-15(2,3)20-14(19)16-8-6-4-5-7-9-17-11-12(21)10-13(17)18/h12,21H,4-11H2,1-3H3,(H,16,19). The third-order valence-corrected chi connectivity index (χ3v) is 3.56. The van der Waals surface area contributed by atoms with Gasteiger partial charge in [-0.2, -0.15) is 12.6 Å². The fourth-order valence-electron chi connectivity index (χ4n) is 2.25. The molecule has 1 N–H and O–H groups in total. The fourth-order valence-corrected chi connectivity index (χ4v) is 2.61. The van der Waals surface area contributed by atoms with E-state index in [9.17, 15) is 9.59 Å². The Morgan fingerprint density at radius 1 is 1.33 bits per heavy atom. The lowest BCUT2D eigenvalue weighted by atomic mass is 10.2. The van der Waals surface area contributed by atoms with Crippen LogP contribution in [0.2, 0.25) is 0 Å². The molecule has 21 heavy (non-hydrogen) atoms. The third-order valence-electron chi connectivity index (χ3n) is 3.22. The maximum Gasteiger partial charge on any atom is 0.407 e. The summed E-state index contributed by atoms with van der Waals surface area (Å²) in [7, 11) is 0. The molecule has 1 aliphatic rings. The molecule has 2 amide bonds. The van der Waals surface area contributed by atoms with Gasteiger partial charge in [-0.1, -0.05) is 12.8 Å². The number of thiol groups is 1. The zero-order valence-corrected chi connectivity index (χ0v) is 14.2. The average Bonchev–Trinajstić information content (AvgIpc) is 2.64. The molecule has 1 atom stereocenters. The van der Waals surface area contributed by atoms with Crippen LogP contribution in [0.15, 0.2) is 0 Å². The predicted molar refractivity (Wildman–Crippen MR) is 86.7 cm³/mol. The number of rotatable bonds is 7. The molecule has 5 nitrogen and oxygen atoms in total. The van der Waals surface area contributed by atoms with E-state index < -0.39 is 5.60 Å². The van der Waals surface area contributed by atoms with Crippen molar-refractivity contribution in [2.45, 2.75) is 63.7 Å². The van der Waals surface area contributed by atoms with Crippen LogP contribution in [0, 0.1) is 0 Å². The number of nitrogens with zero attached hydrogens (tertiary/aromatic N) is 1. The van der Waals surface area contributed by atoms with Gasteiger partial charge in [0.05, 0.1) is 0 Å². The van der Waals surface area contributed by atoms with Gasteiger partial charge in [-0.25, -0.2) is 4.79 Å². The highest BCUT2D eigenvalue weighted by Gasteiger charge is 2.26. The van der Waals surface area contributed by atoms with Crippen molar-refractivity contribution in [1.82, 2.24) is 10.2 Å². The van der Waals surface area contributed by atoms with E-state index in [-0.39, 0.29) is 17.3 Å². The zero-order chi connectivity index (χ0) is 15.9. The van der Waals surface area contributed by atoms with E-state index in [2.05, 4.69) is 17.9 Å². The number of hydrogen-bond donors (Lipinski definition) is 2. The summed E-state index contributed by atoms with van der Waals surface area (Å²) in [5.74, 6) is 0.224. The van der Waals surface area contributed by atoms with Gasteiger partial charge in [0.25, 0.3) is 0 Å². The van der Waals surface area contributed by atoms with E-state index in [0.717, 1.165) is 38.8 Å². The maximum absolute atomic E-state index is 11.6. The molecule has 1 rings (SSSR count). The third kappa shape index (κ3) is 8.19. The van der Waals surface area contributed by atoms with E-state index in [0.29, 0.717) is 13.0 Å². The van der Waals surface area contributed by atoms with E-state index in [1.54, 1.807) is 0 Å². The molecule has 0 saturated carbocycles. The van der Waals surface area contributed by atoms with Gasteiger partial charge in [0.1, 0.15) is 5.60 Å². The van der Waals surface area contributed by atoms with Gasteiger partial charge >= 0.3 is 6.09 Å². The number of hydrogen-bond acceptors (Lipinski definition) is 4. The number of nitrogens with one attached hydrogen (secondary N) is 1. The van der Waals surface area contributed by atoms with Crippen molar-refractivity contribution in [3.8, 4) is 0 Å². The van der Waals surface area contributed by atoms with Gasteiger partial charge in [-0.3, -0.25) is 4.79 Å². The first kappa shape index (κ1) is 18.1. The Balaban J connectivity index is 1.96. The molecular formula is C15H28N2O3S. The Kier molecular flexibility index (Phi) is 7.35. The highest BCUT2D eigenvalue weighted by molar-refractivity contribution is 7.81. The first-order valence-corrected chi connectivity index (χ1v) is 8.22. The summed E-state index contributed by atoms with van der Waals surface area (Å²) in [5, 5.41) is 2.95. The molecule has 1 saturated heterocycles. The zero-order valence-electron chi connectivity index (χ0n) is 13.4. The molecule has 0 bridgehead atoms. The van der Waals surface area contributed by atoms with Crippen LogP contribution in [0.3, 0.4) is 0 Å². The van der Waals surface area contributed by atoms with Gasteiger partial charge < -0.3 is 15.0 Å². The van der Waals surface area contributed by atoms with Crippen molar-refractivity contribution in [2.24, 2.45) is 0 Å². The highest BCUT2D eigenvalue weighted by atomic mass is 32.1. The highest BCUT2D eigenvalue weighted by Crippen LogP contribution is 2.16. The maximum atomic E-state index is 11.6. The molecule has 122 valence electrons. The molecule has 1 unspecified atom stereocenters. The summed E-state index contributed by atoms with van der Waals surface area (Å²) in [6.45, 7) is 7.79. The van der Waals surface area contributed by atoms with E-state index in [1.807, 2.05) is 25.7 Å². The number of carbonyl (C=O) groups excluding carboxylic acids is 2. The number of unbranched alkanes of at least 4 members (excludes halogenated alkanes) is 3. The SMILES string of the molecule is CC(C)(C)OC(=O)NCCCCCCN1CC(S)CC1=O. The number of likely N-dealkylation sites (tertiary alicyclic amines) is 1. The Bertz CT molecular complexity index is 355. The second kappa shape index (κ2) is 8.51. The minimum absolute atomic E-state index is 0.204. The largest absolute Gasteiger partial charge is 0.444 e. The van der Waals surface area contributed by atoms with Crippen molar-refractivity contribution < 1.29 is 14.3 Å². The second-order valence-electron chi connectivity index (χ2n) is 6.54. The number of amides is 2. The molecule has 0 spiro atoms. The smallest absolute Gasteiger partial charge is 0.407 e. The Morgan fingerprint density at radius 2 is 2.00 bits per heavy atom. The first-order chi connectivity index (χ1) is 9.78. The lowest BCUT2D eigenvalue weighted by Crippen LogP contribution is -2.33. The van der Waals surface area contributed by atoms with E-state index in [1.165, 1.54) is 0 Å². The fraction of sp³-hybridized carbons (Fsp3) is 0.867. The quantitative estimate of drug-likeness (QED) is 0.561. The van der Waals surface area contributed by atoms with Crippen LogP contribution in [-0.4, -0.2) is 47.4 Å². The molecule has 0 aromatic carbocycles.